The van der Waals surface area contributed by atoms with Crippen molar-refractivity contribution in [1.29, 1.82) is 0 Å². The molecule has 1 saturated heterocycles. The fraction of sp³-hybridized carbons (Fsp3) is 0.600. The maximum Gasteiger partial charge on any atom is 0.227 e. The summed E-state index contributed by atoms with van der Waals surface area (Å²) in [7, 11) is 4.17. The summed E-state index contributed by atoms with van der Waals surface area (Å²) in [6.45, 7) is 1.70. The van der Waals surface area contributed by atoms with Gasteiger partial charge in [0.1, 0.15) is 0 Å². The number of rotatable bonds is 8. The van der Waals surface area contributed by atoms with Gasteiger partial charge in [0.15, 0.2) is 0 Å². The molecule has 0 aromatic carbocycles. The highest BCUT2D eigenvalue weighted by Gasteiger charge is 2.32. The topological polar surface area (TPSA) is 95.6 Å². The molecular weight excluding hydrogens is 358 g/mol. The Morgan fingerprint density at radius 3 is 3.00 bits per heavy atom. The van der Waals surface area contributed by atoms with Crippen molar-refractivity contribution in [2.24, 2.45) is 5.92 Å². The molecule has 3 heterocycles. The summed E-state index contributed by atoms with van der Waals surface area (Å²) in [5.41, 5.74) is 0.793. The van der Waals surface area contributed by atoms with Crippen LogP contribution in [0.4, 0.5) is 0 Å². The lowest BCUT2D eigenvalue weighted by Gasteiger charge is -2.41. The molecule has 28 heavy (non-hydrogen) atoms. The van der Waals surface area contributed by atoms with Crippen LogP contribution in [0.2, 0.25) is 0 Å². The average Bonchev–Trinajstić information content (AvgIpc) is 3.20. The van der Waals surface area contributed by atoms with Crippen molar-refractivity contribution in [3.63, 3.8) is 0 Å². The molecular formula is C20H29N5O3. The van der Waals surface area contributed by atoms with E-state index < -0.39 is 0 Å². The summed E-state index contributed by atoms with van der Waals surface area (Å²) in [4.78, 5) is 25.3. The van der Waals surface area contributed by atoms with Gasteiger partial charge < -0.3 is 19.4 Å². The molecule has 8 heteroatoms. The Hall–Kier alpha value is -2.32. The Balaban J connectivity index is 1.54. The first kappa shape index (κ1) is 20.4. The highest BCUT2D eigenvalue weighted by molar-refractivity contribution is 5.76. The van der Waals surface area contributed by atoms with Crippen LogP contribution in [0.5, 0.6) is 0 Å². The van der Waals surface area contributed by atoms with E-state index in [0.29, 0.717) is 36.5 Å². The van der Waals surface area contributed by atoms with Gasteiger partial charge in [-0.25, -0.2) is 0 Å². The van der Waals surface area contributed by atoms with E-state index in [9.17, 15) is 9.90 Å². The Morgan fingerprint density at radius 1 is 1.43 bits per heavy atom. The number of piperidine rings is 1. The predicted molar refractivity (Wildman–Crippen MR) is 104 cm³/mol. The fourth-order valence-corrected chi connectivity index (χ4v) is 3.90. The molecule has 0 radical (unpaired) electrons. The Morgan fingerprint density at radius 2 is 2.29 bits per heavy atom. The van der Waals surface area contributed by atoms with Crippen LogP contribution in [0.1, 0.15) is 31.6 Å². The largest absolute Gasteiger partial charge is 0.396 e. The van der Waals surface area contributed by atoms with Gasteiger partial charge in [0.2, 0.25) is 17.6 Å². The number of likely N-dealkylation sites (tertiary alicyclic amines) is 1. The van der Waals surface area contributed by atoms with Crippen LogP contribution in [0.15, 0.2) is 29.0 Å². The number of aliphatic hydroxyl groups excluding tert-OH is 1. The summed E-state index contributed by atoms with van der Waals surface area (Å²) < 4.78 is 5.29. The number of nitrogens with zero attached hydrogens (tertiary/aromatic N) is 5. The van der Waals surface area contributed by atoms with E-state index >= 15 is 0 Å². The molecule has 2 atom stereocenters. The van der Waals surface area contributed by atoms with Crippen molar-refractivity contribution in [2.45, 2.75) is 38.1 Å². The maximum atomic E-state index is 12.7. The number of carbonyl (C=O) groups excluding carboxylic acids is 1. The highest BCUT2D eigenvalue weighted by Crippen LogP contribution is 2.25. The van der Waals surface area contributed by atoms with Gasteiger partial charge in [-0.15, -0.1) is 0 Å². The number of aromatic nitrogens is 3. The van der Waals surface area contributed by atoms with Crippen molar-refractivity contribution in [3.8, 4) is 11.4 Å². The van der Waals surface area contributed by atoms with Gasteiger partial charge >= 0.3 is 0 Å². The number of hydrogen-bond donors (Lipinski definition) is 1. The predicted octanol–water partition coefficient (Wildman–Crippen LogP) is 1.62. The molecule has 0 saturated carbocycles. The lowest BCUT2D eigenvalue weighted by molar-refractivity contribution is -0.134. The van der Waals surface area contributed by atoms with Crippen LogP contribution in [0.3, 0.4) is 0 Å². The van der Waals surface area contributed by atoms with Crippen LogP contribution in [-0.2, 0) is 11.2 Å². The lowest BCUT2D eigenvalue weighted by atomic mass is 9.87. The van der Waals surface area contributed by atoms with Gasteiger partial charge in [-0.05, 0) is 51.4 Å². The number of hydrogen-bond acceptors (Lipinski definition) is 7. The van der Waals surface area contributed by atoms with Crippen molar-refractivity contribution >= 4 is 5.91 Å². The number of amides is 1. The number of aryl methyl sites for hydroxylation is 1. The summed E-state index contributed by atoms with van der Waals surface area (Å²) >= 11 is 0. The molecule has 0 bridgehead atoms. The molecule has 8 nitrogen and oxygen atoms in total. The first-order chi connectivity index (χ1) is 13.6. The zero-order chi connectivity index (χ0) is 19.9. The number of carbonyl (C=O) groups is 1. The zero-order valence-corrected chi connectivity index (χ0v) is 16.6. The van der Waals surface area contributed by atoms with Crippen LogP contribution < -0.4 is 0 Å². The molecule has 1 aliphatic rings. The van der Waals surface area contributed by atoms with Crippen LogP contribution in [-0.4, -0.2) is 75.8 Å². The SMILES string of the molecule is CN(C)[C@@H]1CCN(C(=O)CCc2nc(-c3cccnc3)no2)C[C@@H]1CCCO. The second kappa shape index (κ2) is 9.75. The van der Waals surface area contributed by atoms with Gasteiger partial charge in [-0.1, -0.05) is 5.16 Å². The summed E-state index contributed by atoms with van der Waals surface area (Å²) in [5, 5.41) is 13.1. The zero-order valence-electron chi connectivity index (χ0n) is 16.6. The van der Waals surface area contributed by atoms with E-state index in [1.54, 1.807) is 12.4 Å². The molecule has 0 aliphatic carbocycles. The minimum atomic E-state index is 0.118. The third kappa shape index (κ3) is 5.14. The van der Waals surface area contributed by atoms with Gasteiger partial charge in [-0.2, -0.15) is 4.98 Å². The van der Waals surface area contributed by atoms with E-state index in [0.717, 1.165) is 37.9 Å². The Kier molecular flexibility index (Phi) is 7.11. The molecule has 2 aromatic rings. The van der Waals surface area contributed by atoms with Gasteiger partial charge in [0.25, 0.3) is 0 Å². The second-order valence-corrected chi connectivity index (χ2v) is 7.54. The third-order valence-electron chi connectivity index (χ3n) is 5.38. The molecule has 152 valence electrons. The smallest absolute Gasteiger partial charge is 0.227 e. The Labute approximate surface area is 165 Å². The molecule has 3 rings (SSSR count). The Bertz CT molecular complexity index is 749. The molecule has 1 fully saturated rings. The van der Waals surface area contributed by atoms with Crippen LogP contribution in [0.25, 0.3) is 11.4 Å². The van der Waals surface area contributed by atoms with Gasteiger partial charge in [-0.3, -0.25) is 9.78 Å². The van der Waals surface area contributed by atoms with Crippen molar-refractivity contribution in [1.82, 2.24) is 24.9 Å². The molecule has 1 N–H and O–H groups in total. The van der Waals surface area contributed by atoms with Gasteiger partial charge in [0, 0.05) is 56.5 Å². The first-order valence-electron chi connectivity index (χ1n) is 9.86. The van der Waals surface area contributed by atoms with E-state index in [4.69, 9.17) is 4.52 Å². The third-order valence-corrected chi connectivity index (χ3v) is 5.38. The minimum absolute atomic E-state index is 0.118. The average molecular weight is 387 g/mol. The standard InChI is InChI=1S/C20H29N5O3/c1-24(2)17-9-11-25(14-16(17)6-4-12-26)19(27)8-7-18-22-20(23-28-18)15-5-3-10-21-13-15/h3,5,10,13,16-17,26H,4,6-9,11-12,14H2,1-2H3/t16-,17+/m0/s1. The van der Waals surface area contributed by atoms with Crippen molar-refractivity contribution < 1.29 is 14.4 Å². The molecule has 0 spiro atoms. The maximum absolute atomic E-state index is 12.7. The van der Waals surface area contributed by atoms with E-state index in [2.05, 4.69) is 34.1 Å². The van der Waals surface area contributed by atoms with E-state index in [1.165, 1.54) is 0 Å². The first-order valence-corrected chi connectivity index (χ1v) is 9.86. The normalized spacial score (nSPS) is 19.9. The van der Waals surface area contributed by atoms with Crippen LogP contribution in [0, 0.1) is 5.92 Å². The number of pyridine rings is 1. The van der Waals surface area contributed by atoms with Crippen LogP contribution >= 0.6 is 0 Å². The lowest BCUT2D eigenvalue weighted by Crippen LogP contribution is -2.50. The second-order valence-electron chi connectivity index (χ2n) is 7.54. The fourth-order valence-electron chi connectivity index (χ4n) is 3.90. The molecule has 1 amide bonds. The minimum Gasteiger partial charge on any atom is -0.396 e. The molecule has 0 unspecified atom stereocenters. The summed E-state index contributed by atoms with van der Waals surface area (Å²) in [6, 6.07) is 4.14. The van der Waals surface area contributed by atoms with Gasteiger partial charge in [0.05, 0.1) is 0 Å². The molecule has 2 aromatic heterocycles. The number of aliphatic hydroxyl groups is 1. The quantitative estimate of drug-likeness (QED) is 0.735. The van der Waals surface area contributed by atoms with E-state index in [1.807, 2.05) is 17.0 Å². The van der Waals surface area contributed by atoms with E-state index in [-0.39, 0.29) is 12.5 Å². The summed E-state index contributed by atoms with van der Waals surface area (Å²) in [6.07, 6.45) is 6.82. The summed E-state index contributed by atoms with van der Waals surface area (Å²) in [5.74, 6) is 1.46. The monoisotopic (exact) mass is 387 g/mol. The van der Waals surface area contributed by atoms with Crippen molar-refractivity contribution in [3.05, 3.63) is 30.4 Å². The molecule has 1 aliphatic heterocycles. The van der Waals surface area contributed by atoms with Crippen molar-refractivity contribution in [2.75, 3.05) is 33.8 Å². The highest BCUT2D eigenvalue weighted by atomic mass is 16.5.